The summed E-state index contributed by atoms with van der Waals surface area (Å²) in [4.78, 5) is 27.2. The summed E-state index contributed by atoms with van der Waals surface area (Å²) in [6, 6.07) is 14.9. The predicted molar refractivity (Wildman–Crippen MR) is 124 cm³/mol. The summed E-state index contributed by atoms with van der Waals surface area (Å²) in [7, 11) is 1.53. The average Bonchev–Trinajstić information content (AvgIpc) is 3.04. The van der Waals surface area contributed by atoms with Gasteiger partial charge in [-0.2, -0.15) is 0 Å². The number of thiocarbonyl (C=S) groups is 1. The Bertz CT molecular complexity index is 1280. The number of halogens is 1. The number of carbonyl (C=O) groups is 2. The summed E-state index contributed by atoms with van der Waals surface area (Å²) in [5.41, 5.74) is 3.62. The third-order valence-electron chi connectivity index (χ3n) is 5.27. The number of ether oxygens (including phenoxy) is 1. The maximum absolute atomic E-state index is 13.3. The van der Waals surface area contributed by atoms with Crippen molar-refractivity contribution in [3.63, 3.8) is 0 Å². The van der Waals surface area contributed by atoms with Gasteiger partial charge in [0.25, 0.3) is 11.8 Å². The second-order valence-corrected chi connectivity index (χ2v) is 7.68. The van der Waals surface area contributed by atoms with Crippen LogP contribution in [0.2, 0.25) is 0 Å². The molecule has 0 aliphatic carbocycles. The topological polar surface area (TPSA) is 63.6 Å². The maximum atomic E-state index is 13.3. The normalized spacial score (nSPS) is 15.3. The number of rotatable bonds is 4. The molecule has 0 saturated carbocycles. The van der Waals surface area contributed by atoms with E-state index in [0.717, 1.165) is 17.1 Å². The first-order valence-electron chi connectivity index (χ1n) is 9.80. The van der Waals surface area contributed by atoms with Crippen molar-refractivity contribution in [3.05, 3.63) is 82.9 Å². The molecule has 0 unspecified atom stereocenters. The molecule has 2 heterocycles. The lowest BCUT2D eigenvalue weighted by molar-refractivity contribution is -0.122. The fourth-order valence-electron chi connectivity index (χ4n) is 3.72. The predicted octanol–water partition coefficient (Wildman–Crippen LogP) is 4.07. The molecule has 1 saturated heterocycles. The zero-order chi connectivity index (χ0) is 23.0. The van der Waals surface area contributed by atoms with E-state index in [4.69, 9.17) is 17.0 Å². The van der Waals surface area contributed by atoms with Crippen LogP contribution in [0.25, 0.3) is 11.8 Å². The molecule has 32 heavy (non-hydrogen) atoms. The molecule has 0 atom stereocenters. The first-order chi connectivity index (χ1) is 15.3. The second kappa shape index (κ2) is 8.39. The molecular formula is C24H20FN3O3S. The zero-order valence-electron chi connectivity index (χ0n) is 17.7. The Balaban J connectivity index is 1.75. The number of amides is 2. The smallest absolute Gasteiger partial charge is 0.270 e. The van der Waals surface area contributed by atoms with Gasteiger partial charge < -0.3 is 9.30 Å². The fraction of sp³-hybridized carbons (Fsp3) is 0.125. The SMILES string of the molecule is COc1cccc(N2C(=O)C(=Cc3cc(C)n(-c4ccc(F)cc4)c3C)C(=O)NC2=S)c1. The minimum Gasteiger partial charge on any atom is -0.497 e. The Kier molecular flexibility index (Phi) is 5.63. The number of nitrogens with zero attached hydrogens (tertiary/aromatic N) is 2. The number of anilines is 1. The molecular weight excluding hydrogens is 429 g/mol. The van der Waals surface area contributed by atoms with E-state index in [9.17, 15) is 14.0 Å². The molecule has 1 aliphatic rings. The first kappa shape index (κ1) is 21.5. The number of aryl methyl sites for hydroxylation is 1. The van der Waals surface area contributed by atoms with E-state index < -0.39 is 11.8 Å². The van der Waals surface area contributed by atoms with E-state index in [1.165, 1.54) is 24.1 Å². The summed E-state index contributed by atoms with van der Waals surface area (Å²) in [6.07, 6.45) is 1.55. The van der Waals surface area contributed by atoms with Crippen molar-refractivity contribution in [2.45, 2.75) is 13.8 Å². The highest BCUT2D eigenvalue weighted by Crippen LogP contribution is 2.27. The van der Waals surface area contributed by atoms with Crippen LogP contribution in [0.3, 0.4) is 0 Å². The monoisotopic (exact) mass is 449 g/mol. The van der Waals surface area contributed by atoms with Crippen molar-refractivity contribution >= 4 is 40.9 Å². The van der Waals surface area contributed by atoms with Gasteiger partial charge in [0.05, 0.1) is 12.8 Å². The molecule has 162 valence electrons. The lowest BCUT2D eigenvalue weighted by Gasteiger charge is -2.29. The van der Waals surface area contributed by atoms with Gasteiger partial charge in [0.1, 0.15) is 17.1 Å². The van der Waals surface area contributed by atoms with Crippen molar-refractivity contribution in [2.75, 3.05) is 12.0 Å². The third kappa shape index (κ3) is 3.80. The van der Waals surface area contributed by atoms with Crippen LogP contribution in [0.5, 0.6) is 5.75 Å². The Hall–Kier alpha value is -3.78. The number of aromatic nitrogens is 1. The minimum absolute atomic E-state index is 0.00203. The van der Waals surface area contributed by atoms with Crippen LogP contribution >= 0.6 is 12.2 Å². The Morgan fingerprint density at radius 3 is 2.44 bits per heavy atom. The van der Waals surface area contributed by atoms with Crippen molar-refractivity contribution in [1.29, 1.82) is 0 Å². The highest BCUT2D eigenvalue weighted by Gasteiger charge is 2.35. The highest BCUT2D eigenvalue weighted by molar-refractivity contribution is 7.80. The van der Waals surface area contributed by atoms with Crippen LogP contribution in [-0.4, -0.2) is 28.6 Å². The summed E-state index contributed by atoms with van der Waals surface area (Å²) >= 11 is 5.26. The van der Waals surface area contributed by atoms with Gasteiger partial charge in [0.15, 0.2) is 5.11 Å². The van der Waals surface area contributed by atoms with Crippen molar-refractivity contribution < 1.29 is 18.7 Å². The lowest BCUT2D eigenvalue weighted by Crippen LogP contribution is -2.54. The molecule has 8 heteroatoms. The molecule has 0 spiro atoms. The second-order valence-electron chi connectivity index (χ2n) is 7.30. The number of carbonyl (C=O) groups excluding carboxylic acids is 2. The van der Waals surface area contributed by atoms with E-state index in [-0.39, 0.29) is 16.5 Å². The Morgan fingerprint density at radius 1 is 1.03 bits per heavy atom. The maximum Gasteiger partial charge on any atom is 0.270 e. The van der Waals surface area contributed by atoms with Gasteiger partial charge in [-0.15, -0.1) is 0 Å². The van der Waals surface area contributed by atoms with E-state index in [1.54, 1.807) is 42.5 Å². The summed E-state index contributed by atoms with van der Waals surface area (Å²) < 4.78 is 20.5. The lowest BCUT2D eigenvalue weighted by atomic mass is 10.1. The number of benzene rings is 2. The van der Waals surface area contributed by atoms with Gasteiger partial charge >= 0.3 is 0 Å². The molecule has 2 amide bonds. The molecule has 3 aromatic rings. The Labute approximate surface area is 189 Å². The first-order valence-corrected chi connectivity index (χ1v) is 10.2. The molecule has 2 aromatic carbocycles. The van der Waals surface area contributed by atoms with Crippen LogP contribution in [0, 0.1) is 19.7 Å². The van der Waals surface area contributed by atoms with Crippen molar-refractivity contribution in [2.24, 2.45) is 0 Å². The van der Waals surface area contributed by atoms with Crippen LogP contribution < -0.4 is 15.0 Å². The molecule has 1 aromatic heterocycles. The number of methoxy groups -OCH3 is 1. The summed E-state index contributed by atoms with van der Waals surface area (Å²) in [6.45, 7) is 3.78. The molecule has 0 bridgehead atoms. The van der Waals surface area contributed by atoms with E-state index >= 15 is 0 Å². The van der Waals surface area contributed by atoms with Gasteiger partial charge in [-0.3, -0.25) is 19.8 Å². The number of nitrogens with one attached hydrogen (secondary N) is 1. The van der Waals surface area contributed by atoms with Gasteiger partial charge in [-0.25, -0.2) is 4.39 Å². The molecule has 6 nitrogen and oxygen atoms in total. The van der Waals surface area contributed by atoms with Crippen LogP contribution in [0.4, 0.5) is 10.1 Å². The number of hydrogen-bond acceptors (Lipinski definition) is 4. The van der Waals surface area contributed by atoms with E-state index in [1.807, 2.05) is 24.5 Å². The summed E-state index contributed by atoms with van der Waals surface area (Å²) in [5.74, 6) is -0.857. The minimum atomic E-state index is -0.564. The highest BCUT2D eigenvalue weighted by atomic mass is 32.1. The van der Waals surface area contributed by atoms with E-state index in [0.29, 0.717) is 17.0 Å². The van der Waals surface area contributed by atoms with Crippen molar-refractivity contribution in [3.8, 4) is 11.4 Å². The standard InChI is InChI=1S/C24H20FN3O3S/c1-14-11-16(15(2)27(14)18-9-7-17(25)8-10-18)12-21-22(29)26-24(32)28(23(21)30)19-5-4-6-20(13-19)31-3/h4-13H,1-3H3,(H,26,29,32). The average molecular weight is 450 g/mol. The molecule has 1 fully saturated rings. The Morgan fingerprint density at radius 2 is 1.75 bits per heavy atom. The van der Waals surface area contributed by atoms with Crippen LogP contribution in [-0.2, 0) is 9.59 Å². The van der Waals surface area contributed by atoms with E-state index in [2.05, 4.69) is 5.32 Å². The molecule has 1 N–H and O–H groups in total. The van der Waals surface area contributed by atoms with Gasteiger partial charge in [0.2, 0.25) is 0 Å². The molecule has 1 aliphatic heterocycles. The summed E-state index contributed by atoms with van der Waals surface area (Å²) in [5, 5.41) is 2.59. The van der Waals surface area contributed by atoms with Gasteiger partial charge in [0, 0.05) is 23.1 Å². The quantitative estimate of drug-likeness (QED) is 0.371. The van der Waals surface area contributed by atoms with Crippen molar-refractivity contribution in [1.82, 2.24) is 9.88 Å². The number of hydrogen-bond donors (Lipinski definition) is 1. The molecule has 4 rings (SSSR count). The largest absolute Gasteiger partial charge is 0.497 e. The van der Waals surface area contributed by atoms with Gasteiger partial charge in [-0.05, 0) is 80.2 Å². The van der Waals surface area contributed by atoms with Crippen LogP contribution in [0.15, 0.2) is 60.2 Å². The fourth-order valence-corrected chi connectivity index (χ4v) is 4.00. The zero-order valence-corrected chi connectivity index (χ0v) is 18.5. The van der Waals surface area contributed by atoms with Crippen LogP contribution in [0.1, 0.15) is 17.0 Å². The molecule has 0 radical (unpaired) electrons. The third-order valence-corrected chi connectivity index (χ3v) is 5.55. The van der Waals surface area contributed by atoms with Gasteiger partial charge in [-0.1, -0.05) is 6.07 Å².